The Morgan fingerprint density at radius 2 is 1.34 bits per heavy atom. The molecule has 32 heavy (non-hydrogen) atoms. The van der Waals surface area contributed by atoms with E-state index >= 15 is 0 Å². The first kappa shape index (κ1) is 23.8. The van der Waals surface area contributed by atoms with Gasteiger partial charge in [-0.25, -0.2) is 0 Å². The van der Waals surface area contributed by atoms with Gasteiger partial charge in [0.1, 0.15) is 17.2 Å². The Kier molecular flexibility index (Phi) is 10.0. The molecule has 0 aliphatic heterocycles. The molecular weight excluding hydrogens is 396 g/mol. The fourth-order valence-corrected chi connectivity index (χ4v) is 3.85. The molecule has 0 aliphatic rings. The van der Waals surface area contributed by atoms with E-state index in [0.717, 1.165) is 35.2 Å². The van der Waals surface area contributed by atoms with Gasteiger partial charge in [-0.1, -0.05) is 95.0 Å². The Morgan fingerprint density at radius 3 is 2.06 bits per heavy atom. The molecule has 0 amide bonds. The van der Waals surface area contributed by atoms with Crippen LogP contribution in [0.3, 0.4) is 0 Å². The Labute approximate surface area is 192 Å². The highest BCUT2D eigenvalue weighted by Gasteiger charge is 2.05. The topological polar surface area (TPSA) is 54.2 Å². The number of unbranched alkanes of at least 4 members (excludes halogenated alkanes) is 9. The van der Waals surface area contributed by atoms with Gasteiger partial charge in [0.2, 0.25) is 0 Å². The number of rotatable bonds is 14. The van der Waals surface area contributed by atoms with E-state index in [-0.39, 0.29) is 5.75 Å². The van der Waals surface area contributed by atoms with E-state index < -0.39 is 0 Å². The molecule has 4 heteroatoms. The summed E-state index contributed by atoms with van der Waals surface area (Å²) in [6.45, 7) is 3.02. The molecule has 3 rings (SSSR count). The van der Waals surface area contributed by atoms with Crippen LogP contribution in [0.1, 0.15) is 71.1 Å². The van der Waals surface area contributed by atoms with Crippen LogP contribution in [0.4, 0.5) is 11.4 Å². The van der Waals surface area contributed by atoms with Crippen molar-refractivity contribution < 1.29 is 9.84 Å². The summed E-state index contributed by atoms with van der Waals surface area (Å²) in [4.78, 5) is 0. The van der Waals surface area contributed by atoms with Crippen LogP contribution in [0.2, 0.25) is 0 Å². The fraction of sp³-hybridized carbons (Fsp3) is 0.429. The zero-order chi connectivity index (χ0) is 22.4. The van der Waals surface area contributed by atoms with Crippen LogP contribution in [0.5, 0.6) is 11.5 Å². The van der Waals surface area contributed by atoms with Gasteiger partial charge in [0, 0.05) is 5.39 Å². The lowest BCUT2D eigenvalue weighted by Gasteiger charge is -2.06. The van der Waals surface area contributed by atoms with Gasteiger partial charge in [-0.05, 0) is 42.1 Å². The molecule has 1 N–H and O–H groups in total. The van der Waals surface area contributed by atoms with E-state index in [1.807, 2.05) is 54.6 Å². The molecule has 4 nitrogen and oxygen atoms in total. The van der Waals surface area contributed by atoms with Gasteiger partial charge in [-0.3, -0.25) is 0 Å². The summed E-state index contributed by atoms with van der Waals surface area (Å²) in [6.07, 6.45) is 13.2. The summed E-state index contributed by atoms with van der Waals surface area (Å²) in [5, 5.41) is 20.7. The van der Waals surface area contributed by atoms with E-state index in [1.165, 1.54) is 57.8 Å². The summed E-state index contributed by atoms with van der Waals surface area (Å²) in [5.74, 6) is 0.983. The van der Waals surface area contributed by atoms with Crippen LogP contribution < -0.4 is 4.74 Å². The second-order valence-electron chi connectivity index (χ2n) is 8.38. The third-order valence-electron chi connectivity index (χ3n) is 5.75. The number of phenols is 1. The predicted octanol–water partition coefficient (Wildman–Crippen LogP) is 9.26. The number of nitrogens with zero attached hydrogens (tertiary/aromatic N) is 2. The normalized spacial score (nSPS) is 11.4. The van der Waals surface area contributed by atoms with Crippen LogP contribution in [-0.2, 0) is 0 Å². The second kappa shape index (κ2) is 13.5. The van der Waals surface area contributed by atoms with Crippen molar-refractivity contribution in [1.82, 2.24) is 0 Å². The van der Waals surface area contributed by atoms with Crippen molar-refractivity contribution in [3.8, 4) is 11.5 Å². The Morgan fingerprint density at radius 1 is 0.688 bits per heavy atom. The number of aromatic hydroxyl groups is 1. The molecule has 0 radical (unpaired) electrons. The highest BCUT2D eigenvalue weighted by atomic mass is 16.5. The molecule has 170 valence electrons. The van der Waals surface area contributed by atoms with E-state index in [4.69, 9.17) is 4.74 Å². The number of fused-ring (bicyclic) bond motifs is 1. The smallest absolute Gasteiger partial charge is 0.143 e. The quantitative estimate of drug-likeness (QED) is 0.204. The van der Waals surface area contributed by atoms with Crippen molar-refractivity contribution in [2.24, 2.45) is 10.2 Å². The van der Waals surface area contributed by atoms with Gasteiger partial charge < -0.3 is 9.84 Å². The molecular formula is C28H36N2O2. The van der Waals surface area contributed by atoms with Crippen molar-refractivity contribution in [3.05, 3.63) is 60.7 Å². The largest absolute Gasteiger partial charge is 0.506 e. The molecule has 3 aromatic rings. The summed E-state index contributed by atoms with van der Waals surface area (Å²) in [6, 6.07) is 19.0. The highest BCUT2D eigenvalue weighted by molar-refractivity contribution is 5.95. The van der Waals surface area contributed by atoms with Gasteiger partial charge in [-0.2, -0.15) is 5.11 Å². The molecule has 0 saturated carbocycles. The van der Waals surface area contributed by atoms with E-state index in [0.29, 0.717) is 5.69 Å². The summed E-state index contributed by atoms with van der Waals surface area (Å²) < 4.78 is 5.86. The van der Waals surface area contributed by atoms with E-state index in [9.17, 15) is 5.11 Å². The van der Waals surface area contributed by atoms with Crippen LogP contribution in [0, 0.1) is 0 Å². The lowest BCUT2D eigenvalue weighted by atomic mass is 10.1. The van der Waals surface area contributed by atoms with Crippen LogP contribution in [0.25, 0.3) is 10.8 Å². The minimum Gasteiger partial charge on any atom is -0.506 e. The number of hydrogen-bond acceptors (Lipinski definition) is 4. The van der Waals surface area contributed by atoms with Gasteiger partial charge in [0.05, 0.1) is 12.3 Å². The molecule has 0 bridgehead atoms. The number of azo groups is 1. The number of phenolic OH excluding ortho intramolecular Hbond substituents is 1. The van der Waals surface area contributed by atoms with Crippen LogP contribution in [0.15, 0.2) is 70.9 Å². The van der Waals surface area contributed by atoms with Crippen LogP contribution >= 0.6 is 0 Å². The maximum absolute atomic E-state index is 10.2. The van der Waals surface area contributed by atoms with Crippen molar-refractivity contribution in [2.75, 3.05) is 6.61 Å². The third kappa shape index (κ3) is 7.67. The molecule has 0 aliphatic carbocycles. The third-order valence-corrected chi connectivity index (χ3v) is 5.75. The molecule has 0 unspecified atom stereocenters. The maximum atomic E-state index is 10.2. The maximum Gasteiger partial charge on any atom is 0.143 e. The summed E-state index contributed by atoms with van der Waals surface area (Å²) >= 11 is 0. The van der Waals surface area contributed by atoms with Crippen molar-refractivity contribution >= 4 is 22.1 Å². The standard InChI is InChI=1S/C28H36N2O2/c1-2-3-4-5-6-7-8-9-10-13-22-32-25-19-17-24(18-20-25)29-30-28-26-15-12-11-14-23(26)16-21-27(28)31/h11-12,14-21,31H,2-10,13,22H2,1H3. The fourth-order valence-electron chi connectivity index (χ4n) is 3.85. The zero-order valence-electron chi connectivity index (χ0n) is 19.3. The van der Waals surface area contributed by atoms with Crippen LogP contribution in [-0.4, -0.2) is 11.7 Å². The van der Waals surface area contributed by atoms with Gasteiger partial charge in [0.15, 0.2) is 0 Å². The molecule has 0 atom stereocenters. The minimum absolute atomic E-state index is 0.129. The van der Waals surface area contributed by atoms with Gasteiger partial charge in [0.25, 0.3) is 0 Å². The van der Waals surface area contributed by atoms with E-state index in [1.54, 1.807) is 6.07 Å². The average Bonchev–Trinajstić information content (AvgIpc) is 2.83. The number of hydrogen-bond donors (Lipinski definition) is 1. The average molecular weight is 433 g/mol. The lowest BCUT2D eigenvalue weighted by Crippen LogP contribution is -1.96. The van der Waals surface area contributed by atoms with Crippen molar-refractivity contribution in [2.45, 2.75) is 71.1 Å². The monoisotopic (exact) mass is 432 g/mol. The Bertz CT molecular complexity index is 967. The molecule has 3 aromatic carbocycles. The summed E-state index contributed by atoms with van der Waals surface area (Å²) in [5.41, 5.74) is 1.22. The predicted molar refractivity (Wildman–Crippen MR) is 134 cm³/mol. The van der Waals surface area contributed by atoms with E-state index in [2.05, 4.69) is 17.2 Å². The Balaban J connectivity index is 1.37. The lowest BCUT2D eigenvalue weighted by molar-refractivity contribution is 0.304. The van der Waals surface area contributed by atoms with Gasteiger partial charge in [-0.15, -0.1) is 5.11 Å². The number of ether oxygens (including phenoxy) is 1. The first-order valence-corrected chi connectivity index (χ1v) is 12.1. The molecule has 0 fully saturated rings. The Hall–Kier alpha value is -2.88. The van der Waals surface area contributed by atoms with Gasteiger partial charge >= 0.3 is 0 Å². The zero-order valence-corrected chi connectivity index (χ0v) is 19.3. The summed E-state index contributed by atoms with van der Waals surface area (Å²) in [7, 11) is 0. The second-order valence-corrected chi connectivity index (χ2v) is 8.38. The first-order valence-electron chi connectivity index (χ1n) is 12.1. The molecule has 0 spiro atoms. The van der Waals surface area contributed by atoms with Crippen molar-refractivity contribution in [3.63, 3.8) is 0 Å². The first-order chi connectivity index (χ1) is 15.8. The number of benzene rings is 3. The molecule has 0 heterocycles. The molecule has 0 saturated heterocycles. The highest BCUT2D eigenvalue weighted by Crippen LogP contribution is 2.36. The molecule has 0 aromatic heterocycles. The minimum atomic E-state index is 0.129. The SMILES string of the molecule is CCCCCCCCCCCCOc1ccc(N=Nc2c(O)ccc3ccccc23)cc1. The van der Waals surface area contributed by atoms with Crippen molar-refractivity contribution in [1.29, 1.82) is 0 Å².